The van der Waals surface area contributed by atoms with Crippen molar-refractivity contribution in [2.45, 2.75) is 25.5 Å². The van der Waals surface area contributed by atoms with Gasteiger partial charge in [0, 0.05) is 36.5 Å². The van der Waals surface area contributed by atoms with Crippen LogP contribution in [0.1, 0.15) is 39.1 Å². The number of carbonyl (C=O) groups is 2. The van der Waals surface area contributed by atoms with Gasteiger partial charge in [0.2, 0.25) is 0 Å². The summed E-state index contributed by atoms with van der Waals surface area (Å²) in [6, 6.07) is 14.0. The molecule has 1 aliphatic rings. The topological polar surface area (TPSA) is 93.5 Å². The normalized spacial score (nSPS) is 15.6. The van der Waals surface area contributed by atoms with Crippen LogP contribution in [0.3, 0.4) is 0 Å². The number of nitrogens with two attached hydrogens (primary N) is 1. The van der Waals surface area contributed by atoms with Gasteiger partial charge in [0.25, 0.3) is 11.8 Å². The summed E-state index contributed by atoms with van der Waals surface area (Å²) < 4.78 is 5.51. The fourth-order valence-electron chi connectivity index (χ4n) is 2.90. The van der Waals surface area contributed by atoms with Gasteiger partial charge >= 0.3 is 0 Å². The Balaban J connectivity index is 0.00000261. The minimum Gasteiger partial charge on any atom is -0.399 e. The summed E-state index contributed by atoms with van der Waals surface area (Å²) in [5.41, 5.74) is 8.17. The maximum atomic E-state index is 12.3. The molecule has 1 unspecified atom stereocenters. The maximum Gasteiger partial charge on any atom is 0.251 e. The van der Waals surface area contributed by atoms with Gasteiger partial charge in [-0.05, 0) is 48.7 Å². The lowest BCUT2D eigenvalue weighted by atomic mass is 10.1. The zero-order valence-corrected chi connectivity index (χ0v) is 15.8. The van der Waals surface area contributed by atoms with E-state index in [1.807, 2.05) is 12.1 Å². The van der Waals surface area contributed by atoms with E-state index < -0.39 is 0 Å². The average molecular weight is 390 g/mol. The maximum absolute atomic E-state index is 12.3. The SMILES string of the molecule is Cl.Nc1cccc(C(=O)NCc2cccc(C(=O)NCC3CCCO3)c2)c1. The number of amides is 2. The van der Waals surface area contributed by atoms with Gasteiger partial charge in [0.15, 0.2) is 0 Å². The van der Waals surface area contributed by atoms with Crippen molar-refractivity contribution in [1.29, 1.82) is 0 Å². The Kier molecular flexibility index (Phi) is 7.64. The van der Waals surface area contributed by atoms with Gasteiger partial charge in [-0.2, -0.15) is 0 Å². The molecule has 0 spiro atoms. The first kappa shape index (κ1) is 20.7. The first-order valence-corrected chi connectivity index (χ1v) is 8.74. The van der Waals surface area contributed by atoms with Crippen LogP contribution in [0.15, 0.2) is 48.5 Å². The lowest BCUT2D eigenvalue weighted by Gasteiger charge is -2.11. The van der Waals surface area contributed by atoms with Crippen molar-refractivity contribution >= 4 is 29.9 Å². The van der Waals surface area contributed by atoms with E-state index in [1.165, 1.54) is 0 Å². The lowest BCUT2D eigenvalue weighted by molar-refractivity contribution is 0.0857. The van der Waals surface area contributed by atoms with Crippen LogP contribution in [0.5, 0.6) is 0 Å². The predicted octanol–water partition coefficient (Wildman–Crippen LogP) is 2.53. The van der Waals surface area contributed by atoms with Crippen molar-refractivity contribution in [3.05, 3.63) is 65.2 Å². The summed E-state index contributed by atoms with van der Waals surface area (Å²) in [6.45, 7) is 1.62. The highest BCUT2D eigenvalue weighted by atomic mass is 35.5. The standard InChI is InChI=1S/C20H23N3O3.ClH/c21-17-7-2-6-16(11-17)20(25)22-12-14-4-1-5-15(10-14)19(24)23-13-18-8-3-9-26-18;/h1-2,4-7,10-11,18H,3,8-9,12-13,21H2,(H,22,25)(H,23,24);1H. The van der Waals surface area contributed by atoms with E-state index in [4.69, 9.17) is 10.5 Å². The molecule has 2 aromatic rings. The zero-order chi connectivity index (χ0) is 18.4. The molecule has 0 bridgehead atoms. The number of anilines is 1. The molecule has 4 N–H and O–H groups in total. The summed E-state index contributed by atoms with van der Waals surface area (Å²) in [5, 5.41) is 5.74. The summed E-state index contributed by atoms with van der Waals surface area (Å²) in [4.78, 5) is 24.5. The largest absolute Gasteiger partial charge is 0.399 e. The number of benzene rings is 2. The molecule has 1 atom stereocenters. The third kappa shape index (κ3) is 5.98. The lowest BCUT2D eigenvalue weighted by Crippen LogP contribution is -2.31. The third-order valence-corrected chi connectivity index (χ3v) is 4.31. The Hall–Kier alpha value is -2.57. The average Bonchev–Trinajstić information content (AvgIpc) is 3.18. The van der Waals surface area contributed by atoms with Gasteiger partial charge < -0.3 is 21.1 Å². The second-order valence-electron chi connectivity index (χ2n) is 6.35. The van der Waals surface area contributed by atoms with Crippen molar-refractivity contribution in [2.75, 3.05) is 18.9 Å². The molecule has 1 fully saturated rings. The van der Waals surface area contributed by atoms with Crippen molar-refractivity contribution < 1.29 is 14.3 Å². The number of rotatable bonds is 6. The third-order valence-electron chi connectivity index (χ3n) is 4.31. The van der Waals surface area contributed by atoms with Crippen LogP contribution in [0.4, 0.5) is 5.69 Å². The molecule has 0 aromatic heterocycles. The Morgan fingerprint density at radius 1 is 1.04 bits per heavy atom. The number of nitrogens with one attached hydrogen (secondary N) is 2. The van der Waals surface area contributed by atoms with Crippen LogP contribution >= 0.6 is 12.4 Å². The molecule has 144 valence electrons. The van der Waals surface area contributed by atoms with Crippen LogP contribution in [-0.4, -0.2) is 31.1 Å². The second-order valence-corrected chi connectivity index (χ2v) is 6.35. The fourth-order valence-corrected chi connectivity index (χ4v) is 2.90. The number of nitrogen functional groups attached to an aromatic ring is 1. The Morgan fingerprint density at radius 2 is 1.74 bits per heavy atom. The molecule has 2 aromatic carbocycles. The summed E-state index contributed by atoms with van der Waals surface area (Å²) in [7, 11) is 0. The van der Waals surface area contributed by atoms with Gasteiger partial charge in [-0.25, -0.2) is 0 Å². The summed E-state index contributed by atoms with van der Waals surface area (Å²) in [6.07, 6.45) is 2.14. The minimum atomic E-state index is -0.203. The Labute approximate surface area is 164 Å². The van der Waals surface area contributed by atoms with Crippen molar-refractivity contribution in [2.24, 2.45) is 0 Å². The van der Waals surface area contributed by atoms with Crippen molar-refractivity contribution in [1.82, 2.24) is 10.6 Å². The molecule has 27 heavy (non-hydrogen) atoms. The fraction of sp³-hybridized carbons (Fsp3) is 0.300. The van der Waals surface area contributed by atoms with Crippen molar-refractivity contribution in [3.8, 4) is 0 Å². The van der Waals surface area contributed by atoms with Gasteiger partial charge in [0.05, 0.1) is 6.10 Å². The Morgan fingerprint density at radius 3 is 2.44 bits per heavy atom. The smallest absolute Gasteiger partial charge is 0.251 e. The van der Waals surface area contributed by atoms with Crippen LogP contribution < -0.4 is 16.4 Å². The second kappa shape index (κ2) is 9.94. The number of ether oxygens (including phenoxy) is 1. The summed E-state index contributed by atoms with van der Waals surface area (Å²) in [5.74, 6) is -0.338. The number of hydrogen-bond acceptors (Lipinski definition) is 4. The number of hydrogen-bond donors (Lipinski definition) is 3. The number of carbonyl (C=O) groups excluding carboxylic acids is 2. The zero-order valence-electron chi connectivity index (χ0n) is 14.9. The summed E-state index contributed by atoms with van der Waals surface area (Å²) >= 11 is 0. The molecule has 6 nitrogen and oxygen atoms in total. The van der Waals surface area contributed by atoms with Gasteiger partial charge in [0.1, 0.15) is 0 Å². The minimum absolute atomic E-state index is 0. The highest BCUT2D eigenvalue weighted by Crippen LogP contribution is 2.12. The predicted molar refractivity (Wildman–Crippen MR) is 107 cm³/mol. The molecule has 1 aliphatic heterocycles. The van der Waals surface area contributed by atoms with Crippen LogP contribution in [-0.2, 0) is 11.3 Å². The molecule has 3 rings (SSSR count). The molecule has 7 heteroatoms. The molecule has 0 radical (unpaired) electrons. The van der Waals surface area contributed by atoms with Gasteiger partial charge in [-0.15, -0.1) is 12.4 Å². The first-order chi connectivity index (χ1) is 12.6. The van der Waals surface area contributed by atoms with Crippen LogP contribution in [0, 0.1) is 0 Å². The molecular formula is C20H24ClN3O3. The molecule has 2 amide bonds. The van der Waals surface area contributed by atoms with E-state index in [2.05, 4.69) is 10.6 Å². The van der Waals surface area contributed by atoms with Crippen LogP contribution in [0.2, 0.25) is 0 Å². The van der Waals surface area contributed by atoms with E-state index in [9.17, 15) is 9.59 Å². The van der Waals surface area contributed by atoms with E-state index in [-0.39, 0.29) is 30.3 Å². The monoisotopic (exact) mass is 389 g/mol. The quantitative estimate of drug-likeness (QED) is 0.662. The first-order valence-electron chi connectivity index (χ1n) is 8.74. The number of halogens is 1. The Bertz CT molecular complexity index is 792. The molecule has 1 heterocycles. The van der Waals surface area contributed by atoms with Gasteiger partial charge in [-0.3, -0.25) is 9.59 Å². The van der Waals surface area contributed by atoms with E-state index in [0.717, 1.165) is 25.0 Å². The van der Waals surface area contributed by atoms with E-state index in [0.29, 0.717) is 29.9 Å². The van der Waals surface area contributed by atoms with Crippen molar-refractivity contribution in [3.63, 3.8) is 0 Å². The molecular weight excluding hydrogens is 366 g/mol. The molecule has 1 saturated heterocycles. The highest BCUT2D eigenvalue weighted by molar-refractivity contribution is 5.95. The molecule has 0 saturated carbocycles. The molecule has 0 aliphatic carbocycles. The van der Waals surface area contributed by atoms with E-state index >= 15 is 0 Å². The van der Waals surface area contributed by atoms with Gasteiger partial charge in [-0.1, -0.05) is 18.2 Å². The highest BCUT2D eigenvalue weighted by Gasteiger charge is 2.16. The van der Waals surface area contributed by atoms with E-state index in [1.54, 1.807) is 36.4 Å². The van der Waals surface area contributed by atoms with Crippen LogP contribution in [0.25, 0.3) is 0 Å².